The number of halogens is 1. The SMILES string of the molecule is COc1ccccc1CNC(=O)C1CCc2sc(NC(=O)c3ccc(F)cc3)nc21. The van der Waals surface area contributed by atoms with Crippen molar-refractivity contribution in [2.45, 2.75) is 25.3 Å². The van der Waals surface area contributed by atoms with E-state index in [1.54, 1.807) is 7.11 Å². The number of carbonyl (C=O) groups is 2. The lowest BCUT2D eigenvalue weighted by molar-refractivity contribution is -0.122. The number of ether oxygens (including phenoxy) is 1. The fraction of sp³-hybridized carbons (Fsp3) is 0.227. The Morgan fingerprint density at radius 2 is 1.97 bits per heavy atom. The highest BCUT2D eigenvalue weighted by atomic mass is 32.1. The maximum Gasteiger partial charge on any atom is 0.257 e. The van der Waals surface area contributed by atoms with Gasteiger partial charge in [-0.15, -0.1) is 11.3 Å². The van der Waals surface area contributed by atoms with E-state index in [1.165, 1.54) is 35.6 Å². The summed E-state index contributed by atoms with van der Waals surface area (Å²) in [6, 6.07) is 12.8. The van der Waals surface area contributed by atoms with Crippen LogP contribution in [0.4, 0.5) is 9.52 Å². The zero-order chi connectivity index (χ0) is 21.1. The first-order valence-corrected chi connectivity index (χ1v) is 10.3. The Bertz CT molecular complexity index is 1080. The van der Waals surface area contributed by atoms with Crippen LogP contribution in [-0.2, 0) is 17.8 Å². The van der Waals surface area contributed by atoms with Gasteiger partial charge in [-0.2, -0.15) is 0 Å². The Morgan fingerprint density at radius 1 is 1.20 bits per heavy atom. The molecule has 1 atom stereocenters. The number of nitrogens with zero attached hydrogens (tertiary/aromatic N) is 1. The smallest absolute Gasteiger partial charge is 0.257 e. The van der Waals surface area contributed by atoms with Crippen molar-refractivity contribution in [2.24, 2.45) is 0 Å². The number of methoxy groups -OCH3 is 1. The molecule has 0 fully saturated rings. The van der Waals surface area contributed by atoms with Crippen molar-refractivity contribution >= 4 is 28.3 Å². The van der Waals surface area contributed by atoms with E-state index in [0.29, 0.717) is 29.4 Å². The molecule has 8 heteroatoms. The molecule has 1 heterocycles. The molecular weight excluding hydrogens is 405 g/mol. The van der Waals surface area contributed by atoms with Crippen LogP contribution in [0.3, 0.4) is 0 Å². The van der Waals surface area contributed by atoms with Gasteiger partial charge in [0, 0.05) is 22.5 Å². The summed E-state index contributed by atoms with van der Waals surface area (Å²) in [7, 11) is 1.60. The Hall–Kier alpha value is -3.26. The number of hydrogen-bond acceptors (Lipinski definition) is 5. The molecule has 0 spiro atoms. The van der Waals surface area contributed by atoms with Gasteiger partial charge in [0.25, 0.3) is 5.91 Å². The number of aryl methyl sites for hydroxylation is 1. The van der Waals surface area contributed by atoms with Crippen LogP contribution in [0.15, 0.2) is 48.5 Å². The monoisotopic (exact) mass is 425 g/mol. The fourth-order valence-corrected chi connectivity index (χ4v) is 4.49. The lowest BCUT2D eigenvalue weighted by atomic mass is 10.1. The zero-order valence-electron chi connectivity index (χ0n) is 16.3. The summed E-state index contributed by atoms with van der Waals surface area (Å²) >= 11 is 1.37. The standard InChI is InChI=1S/C22H20FN3O3S/c1-29-17-5-3-2-4-14(17)12-24-21(28)16-10-11-18-19(16)25-22(30-18)26-20(27)13-6-8-15(23)9-7-13/h2-9,16H,10-12H2,1H3,(H,24,28)(H,25,26,27). The Morgan fingerprint density at radius 3 is 2.73 bits per heavy atom. The number of nitrogens with one attached hydrogen (secondary N) is 2. The van der Waals surface area contributed by atoms with E-state index in [1.807, 2.05) is 24.3 Å². The minimum absolute atomic E-state index is 0.0960. The molecule has 4 rings (SSSR count). The van der Waals surface area contributed by atoms with Crippen molar-refractivity contribution in [3.05, 3.63) is 76.0 Å². The minimum atomic E-state index is -0.401. The third-order valence-corrected chi connectivity index (χ3v) is 6.05. The number of rotatable bonds is 6. The predicted octanol–water partition coefficient (Wildman–Crippen LogP) is 3.89. The number of aromatic nitrogens is 1. The first kappa shape index (κ1) is 20.0. The average molecular weight is 425 g/mol. The fourth-order valence-electron chi connectivity index (χ4n) is 3.46. The zero-order valence-corrected chi connectivity index (χ0v) is 17.1. The molecule has 30 heavy (non-hydrogen) atoms. The van der Waals surface area contributed by atoms with Gasteiger partial charge in [0.05, 0.1) is 18.7 Å². The van der Waals surface area contributed by atoms with Crippen molar-refractivity contribution in [3.63, 3.8) is 0 Å². The van der Waals surface area contributed by atoms with Gasteiger partial charge in [0.15, 0.2) is 5.13 Å². The van der Waals surface area contributed by atoms with Gasteiger partial charge in [-0.25, -0.2) is 9.37 Å². The Balaban J connectivity index is 1.41. The molecular formula is C22H20FN3O3S. The number of fused-ring (bicyclic) bond motifs is 1. The van der Waals surface area contributed by atoms with Crippen molar-refractivity contribution in [2.75, 3.05) is 12.4 Å². The van der Waals surface area contributed by atoms with Gasteiger partial charge in [0.1, 0.15) is 11.6 Å². The Kier molecular flexibility index (Phi) is 5.76. The summed E-state index contributed by atoms with van der Waals surface area (Å²) in [5.74, 6) is -0.477. The topological polar surface area (TPSA) is 80.3 Å². The molecule has 2 aromatic carbocycles. The normalized spacial score (nSPS) is 14.8. The van der Waals surface area contributed by atoms with Crippen molar-refractivity contribution in [1.29, 1.82) is 0 Å². The summed E-state index contributed by atoms with van der Waals surface area (Å²) in [5.41, 5.74) is 1.96. The van der Waals surface area contributed by atoms with E-state index in [0.717, 1.165) is 22.6 Å². The molecule has 1 aliphatic rings. The number of carbonyl (C=O) groups excluding carboxylic acids is 2. The quantitative estimate of drug-likeness (QED) is 0.628. The number of hydrogen-bond donors (Lipinski definition) is 2. The van der Waals surface area contributed by atoms with Crippen LogP contribution in [0.5, 0.6) is 5.75 Å². The second-order valence-corrected chi connectivity index (χ2v) is 7.99. The molecule has 1 aliphatic carbocycles. The molecule has 0 saturated heterocycles. The van der Waals surface area contributed by atoms with Crippen LogP contribution in [0, 0.1) is 5.82 Å². The highest BCUT2D eigenvalue weighted by Gasteiger charge is 2.32. The number of anilines is 1. The van der Waals surface area contributed by atoms with Crippen LogP contribution in [0.1, 0.15) is 38.8 Å². The third-order valence-electron chi connectivity index (χ3n) is 5.01. The molecule has 0 aliphatic heterocycles. The van der Waals surface area contributed by atoms with E-state index >= 15 is 0 Å². The van der Waals surface area contributed by atoms with E-state index in [2.05, 4.69) is 15.6 Å². The second kappa shape index (κ2) is 8.62. The molecule has 6 nitrogen and oxygen atoms in total. The predicted molar refractivity (Wildman–Crippen MR) is 112 cm³/mol. The van der Waals surface area contributed by atoms with Crippen molar-refractivity contribution < 1.29 is 18.7 Å². The summed E-state index contributed by atoms with van der Waals surface area (Å²) in [6.45, 7) is 0.368. The van der Waals surface area contributed by atoms with Crippen LogP contribution < -0.4 is 15.4 Å². The second-order valence-electron chi connectivity index (χ2n) is 6.91. The van der Waals surface area contributed by atoms with Crippen molar-refractivity contribution in [1.82, 2.24) is 10.3 Å². The van der Waals surface area contributed by atoms with E-state index < -0.39 is 5.82 Å². The van der Waals surface area contributed by atoms with Crippen LogP contribution in [0.2, 0.25) is 0 Å². The molecule has 1 aromatic heterocycles. The van der Waals surface area contributed by atoms with Gasteiger partial charge < -0.3 is 10.1 Å². The Labute approximate surface area is 177 Å². The van der Waals surface area contributed by atoms with Crippen molar-refractivity contribution in [3.8, 4) is 5.75 Å². The third kappa shape index (κ3) is 4.18. The lowest BCUT2D eigenvalue weighted by Gasteiger charge is -2.12. The average Bonchev–Trinajstić information content (AvgIpc) is 3.32. The molecule has 2 N–H and O–H groups in total. The van der Waals surface area contributed by atoms with Gasteiger partial charge in [0.2, 0.25) is 5.91 Å². The highest BCUT2D eigenvalue weighted by Crippen LogP contribution is 2.38. The number of benzene rings is 2. The molecule has 0 radical (unpaired) electrons. The maximum atomic E-state index is 13.0. The number of para-hydroxylation sites is 1. The molecule has 0 bridgehead atoms. The first-order valence-electron chi connectivity index (χ1n) is 9.51. The largest absolute Gasteiger partial charge is 0.496 e. The minimum Gasteiger partial charge on any atom is -0.496 e. The van der Waals surface area contributed by atoms with E-state index in [9.17, 15) is 14.0 Å². The van der Waals surface area contributed by atoms with Crippen LogP contribution in [0.25, 0.3) is 0 Å². The summed E-state index contributed by atoms with van der Waals surface area (Å²) in [6.07, 6.45) is 1.43. The first-order chi connectivity index (χ1) is 14.5. The molecule has 1 unspecified atom stereocenters. The van der Waals surface area contributed by atoms with Gasteiger partial charge in [-0.3, -0.25) is 14.9 Å². The highest BCUT2D eigenvalue weighted by molar-refractivity contribution is 7.16. The van der Waals surface area contributed by atoms with Gasteiger partial charge in [-0.1, -0.05) is 18.2 Å². The lowest BCUT2D eigenvalue weighted by Crippen LogP contribution is -2.28. The molecule has 0 saturated carbocycles. The van der Waals surface area contributed by atoms with Crippen LogP contribution in [-0.4, -0.2) is 23.9 Å². The summed E-state index contributed by atoms with van der Waals surface area (Å²) in [5, 5.41) is 6.14. The molecule has 2 amide bonds. The number of amides is 2. The van der Waals surface area contributed by atoms with E-state index in [-0.39, 0.29) is 17.7 Å². The van der Waals surface area contributed by atoms with Gasteiger partial charge in [-0.05, 0) is 43.2 Å². The van der Waals surface area contributed by atoms with E-state index in [4.69, 9.17) is 4.74 Å². The molecule has 3 aromatic rings. The van der Waals surface area contributed by atoms with Crippen LogP contribution >= 0.6 is 11.3 Å². The summed E-state index contributed by atoms with van der Waals surface area (Å²) < 4.78 is 18.4. The summed E-state index contributed by atoms with van der Waals surface area (Å²) in [4.78, 5) is 30.6. The van der Waals surface area contributed by atoms with Gasteiger partial charge >= 0.3 is 0 Å². The molecule has 154 valence electrons. The number of thiazole rings is 1. The maximum absolute atomic E-state index is 13.0.